The van der Waals surface area contributed by atoms with E-state index in [9.17, 15) is 4.79 Å². The number of hydrogen-bond acceptors (Lipinski definition) is 2. The van der Waals surface area contributed by atoms with E-state index in [0.717, 1.165) is 21.8 Å². The lowest BCUT2D eigenvalue weighted by molar-refractivity contribution is -0.121. The topological polar surface area (TPSA) is 29.1 Å². The van der Waals surface area contributed by atoms with Crippen LogP contribution in [0.4, 0.5) is 0 Å². The van der Waals surface area contributed by atoms with Crippen molar-refractivity contribution in [3.63, 3.8) is 0 Å². The molecule has 0 aliphatic heterocycles. The first-order valence-electron chi connectivity index (χ1n) is 8.25. The van der Waals surface area contributed by atoms with Crippen LogP contribution in [-0.2, 0) is 4.79 Å². The Balaban J connectivity index is 1.51. The van der Waals surface area contributed by atoms with Gasteiger partial charge in [0, 0.05) is 16.0 Å². The fraction of sp³-hybridized carbons (Fsp3) is 0.611. The molecular formula is C18H24ClNOS. The summed E-state index contributed by atoms with van der Waals surface area (Å²) in [6, 6.07) is 7.97. The van der Waals surface area contributed by atoms with Crippen molar-refractivity contribution >= 4 is 29.3 Å². The van der Waals surface area contributed by atoms with Crippen molar-refractivity contribution < 1.29 is 4.79 Å². The number of fused-ring (bicyclic) bond motifs is 2. The molecule has 120 valence electrons. The summed E-state index contributed by atoms with van der Waals surface area (Å²) in [6.07, 6.45) is 5.47. The number of nitrogens with one attached hydrogen (secondary N) is 1. The van der Waals surface area contributed by atoms with Gasteiger partial charge in [-0.2, -0.15) is 0 Å². The third-order valence-corrected chi connectivity index (χ3v) is 6.66. The molecule has 1 amide bonds. The van der Waals surface area contributed by atoms with Gasteiger partial charge in [-0.3, -0.25) is 4.79 Å². The number of amides is 1. The number of hydrogen-bond donors (Lipinski definition) is 1. The van der Waals surface area contributed by atoms with Crippen LogP contribution in [0.2, 0.25) is 5.02 Å². The van der Waals surface area contributed by atoms with Crippen LogP contribution in [-0.4, -0.2) is 17.2 Å². The van der Waals surface area contributed by atoms with Gasteiger partial charge in [0.2, 0.25) is 5.91 Å². The Morgan fingerprint density at radius 2 is 1.95 bits per heavy atom. The van der Waals surface area contributed by atoms with Crippen molar-refractivity contribution in [1.82, 2.24) is 5.32 Å². The molecule has 22 heavy (non-hydrogen) atoms. The molecule has 0 unspecified atom stereocenters. The summed E-state index contributed by atoms with van der Waals surface area (Å²) in [4.78, 5) is 13.5. The molecule has 2 aliphatic carbocycles. The molecule has 0 radical (unpaired) electrons. The van der Waals surface area contributed by atoms with E-state index < -0.39 is 0 Å². The molecule has 0 aromatic heterocycles. The van der Waals surface area contributed by atoms with Gasteiger partial charge in [-0.1, -0.05) is 18.0 Å². The Morgan fingerprint density at radius 3 is 2.55 bits per heavy atom. The standard InChI is InChI=1S/C18H24ClNOS/c1-11(17-10-13-3-4-14(17)9-13)20-18(21)12(2)22-16-7-5-15(19)6-8-16/h5-8,11-14,17H,3-4,9-10H2,1-2H3,(H,20,21)/t11-,12+,13+,14+,17+/m1/s1. The third-order valence-electron chi connectivity index (χ3n) is 5.30. The van der Waals surface area contributed by atoms with Crippen molar-refractivity contribution in [3.05, 3.63) is 29.3 Å². The van der Waals surface area contributed by atoms with Gasteiger partial charge in [0.05, 0.1) is 5.25 Å². The molecule has 2 fully saturated rings. The van der Waals surface area contributed by atoms with Gasteiger partial charge in [0.1, 0.15) is 0 Å². The Bertz CT molecular complexity index is 532. The maximum Gasteiger partial charge on any atom is 0.233 e. The summed E-state index contributed by atoms with van der Waals surface area (Å²) in [5.74, 6) is 2.61. The molecule has 1 aromatic rings. The summed E-state index contributed by atoms with van der Waals surface area (Å²) in [6.45, 7) is 4.16. The molecule has 2 saturated carbocycles. The van der Waals surface area contributed by atoms with Crippen LogP contribution in [0.5, 0.6) is 0 Å². The highest BCUT2D eigenvalue weighted by Crippen LogP contribution is 2.49. The minimum absolute atomic E-state index is 0.0813. The Hall–Kier alpha value is -0.670. The van der Waals surface area contributed by atoms with Crippen LogP contribution in [0.1, 0.15) is 39.5 Å². The lowest BCUT2D eigenvalue weighted by Gasteiger charge is -2.29. The zero-order valence-electron chi connectivity index (χ0n) is 13.2. The molecule has 4 heteroatoms. The van der Waals surface area contributed by atoms with E-state index in [4.69, 9.17) is 11.6 Å². The van der Waals surface area contributed by atoms with Gasteiger partial charge in [-0.25, -0.2) is 0 Å². The monoisotopic (exact) mass is 337 g/mol. The summed E-state index contributed by atoms with van der Waals surface area (Å²) in [7, 11) is 0. The molecule has 5 atom stereocenters. The van der Waals surface area contributed by atoms with Gasteiger partial charge in [0.25, 0.3) is 0 Å². The fourth-order valence-corrected chi connectivity index (χ4v) is 5.13. The van der Waals surface area contributed by atoms with E-state index in [0.29, 0.717) is 12.0 Å². The van der Waals surface area contributed by atoms with Crippen molar-refractivity contribution in [2.24, 2.45) is 17.8 Å². The summed E-state index contributed by atoms with van der Waals surface area (Å²) in [5, 5.41) is 3.90. The number of rotatable bonds is 5. The smallest absolute Gasteiger partial charge is 0.233 e. The SMILES string of the molecule is C[C@H](Sc1ccc(Cl)cc1)C(=O)N[C@H](C)[C@@H]1C[C@H]2CC[C@H]1C2. The predicted molar refractivity (Wildman–Crippen MR) is 93.3 cm³/mol. The zero-order valence-corrected chi connectivity index (χ0v) is 14.8. The van der Waals surface area contributed by atoms with Crippen LogP contribution in [0.15, 0.2) is 29.2 Å². The largest absolute Gasteiger partial charge is 0.352 e. The van der Waals surface area contributed by atoms with Crippen molar-refractivity contribution in [2.45, 2.75) is 55.7 Å². The summed E-state index contributed by atoms with van der Waals surface area (Å²) in [5.41, 5.74) is 0. The maximum atomic E-state index is 12.4. The average Bonchev–Trinajstić information content (AvgIpc) is 3.12. The van der Waals surface area contributed by atoms with E-state index in [1.54, 1.807) is 11.8 Å². The first kappa shape index (κ1) is 16.2. The van der Waals surface area contributed by atoms with Gasteiger partial charge >= 0.3 is 0 Å². The van der Waals surface area contributed by atoms with Gasteiger partial charge in [0.15, 0.2) is 0 Å². The highest BCUT2D eigenvalue weighted by atomic mass is 35.5. The second-order valence-electron chi connectivity index (χ2n) is 6.85. The molecule has 1 aromatic carbocycles. The molecular weight excluding hydrogens is 314 g/mol. The summed E-state index contributed by atoms with van der Waals surface area (Å²) >= 11 is 7.48. The molecule has 2 aliphatic rings. The normalized spacial score (nSPS) is 29.3. The third kappa shape index (κ3) is 3.62. The van der Waals surface area contributed by atoms with Gasteiger partial charge in [-0.05, 0) is 75.1 Å². The van der Waals surface area contributed by atoms with Crippen LogP contribution in [0.25, 0.3) is 0 Å². The van der Waals surface area contributed by atoms with Gasteiger partial charge < -0.3 is 5.32 Å². The van der Waals surface area contributed by atoms with E-state index in [1.165, 1.54) is 25.7 Å². The highest BCUT2D eigenvalue weighted by molar-refractivity contribution is 8.00. The lowest BCUT2D eigenvalue weighted by atomic mass is 9.84. The zero-order chi connectivity index (χ0) is 15.7. The van der Waals surface area contributed by atoms with Crippen molar-refractivity contribution in [2.75, 3.05) is 0 Å². The maximum absolute atomic E-state index is 12.4. The second kappa shape index (κ2) is 6.84. The molecule has 1 N–H and O–H groups in total. The second-order valence-corrected chi connectivity index (χ2v) is 8.70. The molecule has 3 rings (SSSR count). The molecule has 0 spiro atoms. The number of benzene rings is 1. The Morgan fingerprint density at radius 1 is 1.23 bits per heavy atom. The molecule has 2 nitrogen and oxygen atoms in total. The van der Waals surface area contributed by atoms with Crippen LogP contribution >= 0.6 is 23.4 Å². The van der Waals surface area contributed by atoms with Crippen molar-refractivity contribution in [3.8, 4) is 0 Å². The highest BCUT2D eigenvalue weighted by Gasteiger charge is 2.42. The summed E-state index contributed by atoms with van der Waals surface area (Å²) < 4.78 is 0. The number of carbonyl (C=O) groups is 1. The lowest BCUT2D eigenvalue weighted by Crippen LogP contribution is -2.43. The first-order chi connectivity index (χ1) is 10.5. The molecule has 0 saturated heterocycles. The van der Waals surface area contributed by atoms with E-state index in [-0.39, 0.29) is 11.2 Å². The quantitative estimate of drug-likeness (QED) is 0.785. The van der Waals surface area contributed by atoms with Crippen molar-refractivity contribution in [1.29, 1.82) is 0 Å². The number of halogens is 1. The van der Waals surface area contributed by atoms with E-state index >= 15 is 0 Å². The van der Waals surface area contributed by atoms with Crippen LogP contribution < -0.4 is 5.32 Å². The Kier molecular flexibility index (Phi) is 5.03. The first-order valence-corrected chi connectivity index (χ1v) is 9.51. The fourth-order valence-electron chi connectivity index (χ4n) is 4.13. The van der Waals surface area contributed by atoms with E-state index in [2.05, 4.69) is 12.2 Å². The molecule has 2 bridgehead atoms. The predicted octanol–water partition coefficient (Wildman–Crippen LogP) is 4.76. The minimum atomic E-state index is -0.0813. The number of carbonyl (C=O) groups excluding carboxylic acids is 1. The molecule has 0 heterocycles. The van der Waals surface area contributed by atoms with Crippen LogP contribution in [0.3, 0.4) is 0 Å². The average molecular weight is 338 g/mol. The van der Waals surface area contributed by atoms with E-state index in [1.807, 2.05) is 31.2 Å². The Labute approximate surface area is 142 Å². The van der Waals surface area contributed by atoms with Crippen LogP contribution in [0, 0.1) is 17.8 Å². The number of thioether (sulfide) groups is 1. The van der Waals surface area contributed by atoms with Gasteiger partial charge in [-0.15, -0.1) is 11.8 Å². The minimum Gasteiger partial charge on any atom is -0.352 e.